The Morgan fingerprint density at radius 1 is 0.855 bits per heavy atom. The molecule has 0 bridgehead atoms. The number of hydrogen-bond acceptors (Lipinski definition) is 14. The zero-order chi connectivity index (χ0) is 61.9. The lowest BCUT2D eigenvalue weighted by atomic mass is 9.90. The molecule has 20 heteroatoms. The Labute approximate surface area is 493 Å². The summed E-state index contributed by atoms with van der Waals surface area (Å²) in [4.78, 5) is 111. The number of benzene rings is 3. The number of carboxylic acids is 1. The van der Waals surface area contributed by atoms with Gasteiger partial charge >= 0.3 is 24.0 Å². The maximum Gasteiger partial charge on any atom is 0.408 e. The molecule has 3 aromatic carbocycles. The highest BCUT2D eigenvalue weighted by Crippen LogP contribution is 2.44. The lowest BCUT2D eigenvalue weighted by molar-refractivity contribution is -0.158. The molecule has 0 heterocycles. The van der Waals surface area contributed by atoms with Gasteiger partial charge < -0.3 is 49.8 Å². The van der Waals surface area contributed by atoms with Gasteiger partial charge in [0.1, 0.15) is 36.4 Å². The van der Waals surface area contributed by atoms with Crippen molar-refractivity contribution in [2.24, 2.45) is 17.8 Å². The molecule has 1 aliphatic rings. The van der Waals surface area contributed by atoms with Crippen molar-refractivity contribution in [3.63, 3.8) is 0 Å². The van der Waals surface area contributed by atoms with Gasteiger partial charge in [0, 0.05) is 37.9 Å². The lowest BCUT2D eigenvalue weighted by Gasteiger charge is -2.34. The number of hydrogen-bond donors (Lipinski definition) is 4. The van der Waals surface area contributed by atoms with E-state index in [1.807, 2.05) is 102 Å². The number of rotatable bonds is 30. The minimum Gasteiger partial charge on any atom is -0.480 e. The van der Waals surface area contributed by atoms with E-state index in [0.717, 1.165) is 37.6 Å². The lowest BCUT2D eigenvalue weighted by Crippen LogP contribution is -2.56. The molecule has 8 unspecified atom stereocenters. The van der Waals surface area contributed by atoms with Crippen LogP contribution in [0.3, 0.4) is 0 Å². The summed E-state index contributed by atoms with van der Waals surface area (Å²) in [6.45, 7) is 18.2. The number of nitriles is 1. The number of amides is 5. The van der Waals surface area contributed by atoms with Gasteiger partial charge in [0.2, 0.25) is 17.7 Å². The molecule has 0 spiro atoms. The van der Waals surface area contributed by atoms with Crippen molar-refractivity contribution in [1.29, 1.82) is 5.26 Å². The summed E-state index contributed by atoms with van der Waals surface area (Å²) in [6.07, 6.45) is 2.44. The predicted molar refractivity (Wildman–Crippen MR) is 317 cm³/mol. The molecule has 4 rings (SSSR count). The van der Waals surface area contributed by atoms with Gasteiger partial charge in [-0.1, -0.05) is 114 Å². The zero-order valence-electron chi connectivity index (χ0n) is 50.4. The summed E-state index contributed by atoms with van der Waals surface area (Å²) in [5.74, 6) is -6.49. The van der Waals surface area contributed by atoms with Gasteiger partial charge in [-0.05, 0) is 118 Å². The van der Waals surface area contributed by atoms with Crippen LogP contribution in [-0.2, 0) is 58.9 Å². The number of ether oxygens (including phenoxy) is 4. The van der Waals surface area contributed by atoms with E-state index in [1.54, 1.807) is 44.2 Å². The van der Waals surface area contributed by atoms with E-state index in [2.05, 4.69) is 16.0 Å². The molecule has 450 valence electrons. The Morgan fingerprint density at radius 3 is 2.00 bits per heavy atom. The molecule has 4 N–H and O–H groups in total. The summed E-state index contributed by atoms with van der Waals surface area (Å²) in [6, 6.07) is 20.7. The van der Waals surface area contributed by atoms with Crippen LogP contribution in [0, 0.1) is 29.1 Å². The van der Waals surface area contributed by atoms with E-state index in [1.165, 1.54) is 53.6 Å². The Balaban J connectivity index is 1.45. The third kappa shape index (κ3) is 19.0. The number of thioether (sulfide) groups is 1. The monoisotopic (exact) mass is 1160 g/mol. The molecule has 0 saturated heterocycles. The van der Waals surface area contributed by atoms with Gasteiger partial charge in [-0.2, -0.15) is 5.26 Å². The molecule has 0 aliphatic heterocycles. The number of likely N-dealkylation sites (N-methyl/N-ethyl adjacent to an activating group) is 2. The number of allylic oxidation sites excluding steroid dienone is 1. The van der Waals surface area contributed by atoms with Crippen LogP contribution in [0.25, 0.3) is 11.1 Å². The SMILES string of the molecule is C/C=C(\C)C(OC(=O)C(C)(C)NC(=O)OCC1c2ccccc2-c2ccccc21)C(C)C(C/C=C(\C)C(=O)OC(CC(C)C)C(=O)NC(C)C(=O)N(C)C(Cc1ccc(C#N)cc1)C(=O)N(C)CC(=O)NC(C(=O)O)C(C)CC)OCSC. The second-order valence-corrected chi connectivity index (χ2v) is 23.0. The summed E-state index contributed by atoms with van der Waals surface area (Å²) in [5.41, 5.74) is 4.58. The van der Waals surface area contributed by atoms with E-state index in [-0.39, 0.29) is 49.2 Å². The number of fused-ring (bicyclic) bond motifs is 3. The zero-order valence-corrected chi connectivity index (χ0v) is 51.2. The third-order valence-electron chi connectivity index (χ3n) is 15.0. The van der Waals surface area contributed by atoms with E-state index in [4.69, 9.17) is 18.9 Å². The molecule has 0 aromatic heterocycles. The molecule has 5 amide bonds. The van der Waals surface area contributed by atoms with Gasteiger partial charge in [0.15, 0.2) is 6.10 Å². The first-order chi connectivity index (χ1) is 39.2. The Bertz CT molecular complexity index is 2840. The average molecular weight is 1170 g/mol. The fraction of sp³-hybridized carbons (Fsp3) is 0.508. The third-order valence-corrected chi connectivity index (χ3v) is 15.3. The minimum absolute atomic E-state index is 0.0483. The van der Waals surface area contributed by atoms with Crippen molar-refractivity contribution in [3.8, 4) is 17.2 Å². The van der Waals surface area contributed by atoms with E-state index in [9.17, 15) is 48.7 Å². The van der Waals surface area contributed by atoms with E-state index in [0.29, 0.717) is 17.5 Å². The average Bonchev–Trinajstić information content (AvgIpc) is 4.02. The quantitative estimate of drug-likeness (QED) is 0.0161. The highest BCUT2D eigenvalue weighted by Gasteiger charge is 2.39. The summed E-state index contributed by atoms with van der Waals surface area (Å²) >= 11 is 1.43. The van der Waals surface area contributed by atoms with Crippen molar-refractivity contribution in [2.75, 3.05) is 39.4 Å². The van der Waals surface area contributed by atoms with E-state index < -0.39 is 108 Å². The van der Waals surface area contributed by atoms with Crippen LogP contribution in [0.5, 0.6) is 0 Å². The molecular weight excluding hydrogens is 1080 g/mol. The Hall–Kier alpha value is -7.50. The Kier molecular flexibility index (Phi) is 26.1. The van der Waals surface area contributed by atoms with Gasteiger partial charge in [-0.25, -0.2) is 19.2 Å². The van der Waals surface area contributed by atoms with Crippen molar-refractivity contribution >= 4 is 59.4 Å². The molecule has 8 atom stereocenters. The number of carbonyl (C=O) groups is 8. The molecule has 1 aliphatic carbocycles. The number of esters is 2. The van der Waals surface area contributed by atoms with Crippen molar-refractivity contribution < 1.29 is 62.4 Å². The fourth-order valence-electron chi connectivity index (χ4n) is 9.61. The molecule has 0 saturated carbocycles. The van der Waals surface area contributed by atoms with Gasteiger partial charge in [0.05, 0.1) is 30.2 Å². The van der Waals surface area contributed by atoms with Crippen LogP contribution in [0.1, 0.15) is 124 Å². The predicted octanol–water partition coefficient (Wildman–Crippen LogP) is 8.34. The molecular formula is C63H84N6O13S. The summed E-state index contributed by atoms with van der Waals surface area (Å²) < 4.78 is 24.1. The van der Waals surface area contributed by atoms with Crippen LogP contribution in [0.2, 0.25) is 0 Å². The molecule has 83 heavy (non-hydrogen) atoms. The van der Waals surface area contributed by atoms with Crippen molar-refractivity contribution in [2.45, 2.75) is 150 Å². The second-order valence-electron chi connectivity index (χ2n) is 22.2. The van der Waals surface area contributed by atoms with Gasteiger partial charge in [0.25, 0.3) is 5.91 Å². The minimum atomic E-state index is -1.51. The molecule has 3 aromatic rings. The molecule has 0 radical (unpaired) electrons. The number of nitrogens with one attached hydrogen (secondary N) is 3. The normalized spacial score (nSPS) is 15.3. The standard InChI is InChI=1S/C63H84N6O13S/c1-15-38(5)54(59(74)75)66-53(70)34-68(12)58(73)50(32-43-26-28-44(33-64)29-27-43)69(13)57(72)42(9)65-56(71)52(31-37(3)4)81-60(76)40(7)25-30-51(80-36-83-14)41(8)55(39(6)16-2)82-61(77)63(10,11)67-62(78)79-35-49-47-23-19-17-21-45(47)46-22-18-20-24-48(46)49/h16-29,37-38,41-42,49-52,54-55H,15,30-32,34-36H2,1-14H3,(H,65,71)(H,66,70)(H,67,78)(H,74,75)/b39-16+,40-25+. The van der Waals surface area contributed by atoms with Crippen LogP contribution >= 0.6 is 11.8 Å². The van der Waals surface area contributed by atoms with Crippen molar-refractivity contribution in [1.82, 2.24) is 25.8 Å². The van der Waals surface area contributed by atoms with Crippen LogP contribution in [-0.4, -0.2) is 144 Å². The maximum atomic E-state index is 14.2. The van der Waals surface area contributed by atoms with Gasteiger partial charge in [-0.3, -0.25) is 19.2 Å². The number of aliphatic carboxylic acids is 1. The molecule has 19 nitrogen and oxygen atoms in total. The maximum absolute atomic E-state index is 14.2. The highest BCUT2D eigenvalue weighted by molar-refractivity contribution is 7.98. The van der Waals surface area contributed by atoms with E-state index >= 15 is 0 Å². The smallest absolute Gasteiger partial charge is 0.408 e. The number of alkyl carbamates (subject to hydrolysis) is 1. The number of carbonyl (C=O) groups excluding carboxylic acids is 7. The number of carboxylic acid groups (broad SMARTS) is 1. The highest BCUT2D eigenvalue weighted by atomic mass is 32.2. The first-order valence-electron chi connectivity index (χ1n) is 28.0. The van der Waals surface area contributed by atoms with Crippen LogP contribution in [0.4, 0.5) is 4.79 Å². The van der Waals surface area contributed by atoms with Crippen molar-refractivity contribution in [3.05, 3.63) is 118 Å². The topological polar surface area (TPSA) is 260 Å². The fourth-order valence-corrected chi connectivity index (χ4v) is 9.92. The van der Waals surface area contributed by atoms with Crippen LogP contribution in [0.15, 0.2) is 96.1 Å². The number of nitrogens with zero attached hydrogens (tertiary/aromatic N) is 3. The molecule has 0 fully saturated rings. The van der Waals surface area contributed by atoms with Crippen LogP contribution < -0.4 is 16.0 Å². The largest absolute Gasteiger partial charge is 0.480 e. The van der Waals surface area contributed by atoms with Gasteiger partial charge in [-0.15, -0.1) is 11.8 Å². The Morgan fingerprint density at radius 2 is 1.46 bits per heavy atom. The first-order valence-corrected chi connectivity index (χ1v) is 29.4. The summed E-state index contributed by atoms with van der Waals surface area (Å²) in [5, 5.41) is 26.9. The second kappa shape index (κ2) is 31.8. The summed E-state index contributed by atoms with van der Waals surface area (Å²) in [7, 11) is 2.73. The first kappa shape index (κ1) is 68.0.